The molecule has 148 valence electrons. The van der Waals surface area contributed by atoms with Gasteiger partial charge >= 0.3 is 0 Å². The van der Waals surface area contributed by atoms with Crippen LogP contribution in [0, 0.1) is 0 Å². The number of rotatable bonds is 4. The van der Waals surface area contributed by atoms with Gasteiger partial charge in [0.1, 0.15) is 11.5 Å². The molecule has 0 bridgehead atoms. The molecule has 0 aliphatic carbocycles. The van der Waals surface area contributed by atoms with Crippen LogP contribution < -0.4 is 15.5 Å². The van der Waals surface area contributed by atoms with E-state index >= 15 is 0 Å². The third-order valence-corrected chi connectivity index (χ3v) is 5.39. The van der Waals surface area contributed by atoms with Crippen LogP contribution in [-0.2, 0) is 11.3 Å². The number of anilines is 3. The van der Waals surface area contributed by atoms with Crippen molar-refractivity contribution in [3.63, 3.8) is 0 Å². The molecule has 2 aromatic heterocycles. The Bertz CT molecular complexity index is 1010. The number of carbonyl (C=O) groups excluding carboxylic acids is 1. The molecule has 0 atom stereocenters. The number of para-hydroxylation sites is 1. The second-order valence-corrected chi connectivity index (χ2v) is 7.16. The summed E-state index contributed by atoms with van der Waals surface area (Å²) in [7, 11) is 0. The lowest BCUT2D eigenvalue weighted by Gasteiger charge is -2.32. The van der Waals surface area contributed by atoms with Gasteiger partial charge in [-0.15, -0.1) is 0 Å². The van der Waals surface area contributed by atoms with E-state index in [1.807, 2.05) is 42.5 Å². The number of nitrogens with one attached hydrogen (secondary N) is 2. The number of morpholine rings is 1. The molecule has 0 spiro atoms. The molecule has 5 rings (SSSR count). The van der Waals surface area contributed by atoms with Crippen LogP contribution in [0.4, 0.5) is 17.2 Å². The molecule has 29 heavy (non-hydrogen) atoms. The predicted octanol–water partition coefficient (Wildman–Crippen LogP) is 2.87. The molecule has 0 radical (unpaired) electrons. The zero-order valence-corrected chi connectivity index (χ0v) is 16.1. The monoisotopic (exact) mass is 389 g/mol. The molecular weight excluding hydrogens is 366 g/mol. The largest absolute Gasteiger partial charge is 0.378 e. The maximum Gasteiger partial charge on any atom is 0.270 e. The van der Waals surface area contributed by atoms with Crippen molar-refractivity contribution in [3.8, 4) is 11.1 Å². The molecule has 0 saturated carbocycles. The second-order valence-electron chi connectivity index (χ2n) is 7.16. The summed E-state index contributed by atoms with van der Waals surface area (Å²) >= 11 is 0. The van der Waals surface area contributed by atoms with Gasteiger partial charge < -0.3 is 24.8 Å². The summed E-state index contributed by atoms with van der Waals surface area (Å²) < 4.78 is 7.74. The van der Waals surface area contributed by atoms with Gasteiger partial charge in [0.2, 0.25) is 0 Å². The lowest BCUT2D eigenvalue weighted by molar-refractivity contribution is 0.0928. The van der Waals surface area contributed by atoms with Crippen molar-refractivity contribution in [3.05, 3.63) is 60.6 Å². The van der Waals surface area contributed by atoms with Gasteiger partial charge in [0.05, 0.1) is 18.9 Å². The molecule has 0 unspecified atom stereocenters. The number of hydrogen-bond acceptors (Lipinski definition) is 5. The van der Waals surface area contributed by atoms with Gasteiger partial charge in [-0.25, -0.2) is 0 Å². The van der Waals surface area contributed by atoms with Crippen molar-refractivity contribution in [2.45, 2.75) is 6.54 Å². The SMILES string of the molecule is O=C1NCCn2c1c(Nc1ccccc1)c(-c1ccncc1)c2N1CCOCC1. The highest BCUT2D eigenvalue weighted by Gasteiger charge is 2.33. The molecule has 7 nitrogen and oxygen atoms in total. The average molecular weight is 389 g/mol. The van der Waals surface area contributed by atoms with E-state index in [-0.39, 0.29) is 5.91 Å². The van der Waals surface area contributed by atoms with Gasteiger partial charge in [0.25, 0.3) is 5.91 Å². The van der Waals surface area contributed by atoms with E-state index < -0.39 is 0 Å². The number of pyridine rings is 1. The zero-order valence-electron chi connectivity index (χ0n) is 16.1. The predicted molar refractivity (Wildman–Crippen MR) is 113 cm³/mol. The summed E-state index contributed by atoms with van der Waals surface area (Å²) in [4.78, 5) is 19.5. The number of amides is 1. The fraction of sp³-hybridized carbons (Fsp3) is 0.273. The molecule has 1 amide bonds. The van der Waals surface area contributed by atoms with Crippen molar-refractivity contribution in [2.24, 2.45) is 0 Å². The molecule has 3 aromatic rings. The second kappa shape index (κ2) is 7.60. The van der Waals surface area contributed by atoms with Crippen LogP contribution in [0.3, 0.4) is 0 Å². The molecule has 2 aliphatic rings. The smallest absolute Gasteiger partial charge is 0.270 e. The Labute approximate surface area is 169 Å². The first-order chi connectivity index (χ1) is 14.3. The summed E-state index contributed by atoms with van der Waals surface area (Å²) in [6, 6.07) is 14.0. The summed E-state index contributed by atoms with van der Waals surface area (Å²) in [6.45, 7) is 4.33. The minimum Gasteiger partial charge on any atom is -0.378 e. The van der Waals surface area contributed by atoms with Gasteiger partial charge in [-0.05, 0) is 29.8 Å². The van der Waals surface area contributed by atoms with Crippen molar-refractivity contribution in [1.82, 2.24) is 14.9 Å². The average Bonchev–Trinajstić information content (AvgIpc) is 3.11. The van der Waals surface area contributed by atoms with Crippen molar-refractivity contribution >= 4 is 23.1 Å². The Kier molecular flexibility index (Phi) is 4.65. The van der Waals surface area contributed by atoms with Gasteiger partial charge in [-0.1, -0.05) is 18.2 Å². The Morgan fingerprint density at radius 1 is 1.00 bits per heavy atom. The molecule has 7 heteroatoms. The molecule has 1 aromatic carbocycles. The van der Waals surface area contributed by atoms with Crippen molar-refractivity contribution in [1.29, 1.82) is 0 Å². The van der Waals surface area contributed by atoms with E-state index in [0.717, 1.165) is 48.0 Å². The minimum atomic E-state index is -0.0514. The fourth-order valence-electron chi connectivity index (χ4n) is 4.11. The molecule has 2 aliphatic heterocycles. The quantitative estimate of drug-likeness (QED) is 0.718. The highest BCUT2D eigenvalue weighted by molar-refractivity contribution is 6.07. The fourth-order valence-corrected chi connectivity index (χ4v) is 4.11. The standard InChI is InChI=1S/C22H23N5O2/c28-21-20-19(25-17-4-2-1-3-5-17)18(16-6-8-23-9-7-16)22(27(20)11-10-24-21)26-12-14-29-15-13-26/h1-9,25H,10-15H2,(H,24,28). The Morgan fingerprint density at radius 2 is 1.76 bits per heavy atom. The van der Waals surface area contributed by atoms with Crippen molar-refractivity contribution < 1.29 is 9.53 Å². The topological polar surface area (TPSA) is 71.4 Å². The summed E-state index contributed by atoms with van der Waals surface area (Å²) in [5, 5.41) is 6.53. The zero-order chi connectivity index (χ0) is 19.6. The number of benzene rings is 1. The summed E-state index contributed by atoms with van der Waals surface area (Å²) in [6.07, 6.45) is 3.59. The number of ether oxygens (including phenoxy) is 1. The van der Waals surface area contributed by atoms with Crippen LogP contribution in [-0.4, -0.2) is 48.3 Å². The van der Waals surface area contributed by atoms with Crippen LogP contribution in [0.2, 0.25) is 0 Å². The van der Waals surface area contributed by atoms with Crippen LogP contribution in [0.25, 0.3) is 11.1 Å². The third-order valence-electron chi connectivity index (χ3n) is 5.39. The number of hydrogen-bond donors (Lipinski definition) is 2. The number of carbonyl (C=O) groups is 1. The lowest BCUT2D eigenvalue weighted by atomic mass is 10.1. The minimum absolute atomic E-state index is 0.0514. The van der Waals surface area contributed by atoms with Gasteiger partial charge in [0, 0.05) is 49.8 Å². The summed E-state index contributed by atoms with van der Waals surface area (Å²) in [5.41, 5.74) is 4.53. The number of nitrogens with zero attached hydrogens (tertiary/aromatic N) is 3. The molecule has 1 fully saturated rings. The van der Waals surface area contributed by atoms with Gasteiger partial charge in [-0.3, -0.25) is 9.78 Å². The first-order valence-electron chi connectivity index (χ1n) is 9.93. The number of fused-ring (bicyclic) bond motifs is 1. The van der Waals surface area contributed by atoms with Crippen LogP contribution in [0.15, 0.2) is 54.9 Å². The van der Waals surface area contributed by atoms with Crippen molar-refractivity contribution in [2.75, 3.05) is 43.1 Å². The molecule has 1 saturated heterocycles. The number of aromatic nitrogens is 2. The first kappa shape index (κ1) is 17.8. The highest BCUT2D eigenvalue weighted by atomic mass is 16.5. The molecular formula is C22H23N5O2. The first-order valence-corrected chi connectivity index (χ1v) is 9.93. The van der Waals surface area contributed by atoms with E-state index in [4.69, 9.17) is 4.74 Å². The Hall–Kier alpha value is -3.32. The van der Waals surface area contributed by atoms with E-state index in [0.29, 0.717) is 25.5 Å². The van der Waals surface area contributed by atoms with Gasteiger partial charge in [0.15, 0.2) is 0 Å². The Balaban J connectivity index is 1.75. The summed E-state index contributed by atoms with van der Waals surface area (Å²) in [5.74, 6) is 1.02. The van der Waals surface area contributed by atoms with Crippen LogP contribution >= 0.6 is 0 Å². The highest BCUT2D eigenvalue weighted by Crippen LogP contribution is 2.44. The van der Waals surface area contributed by atoms with Crippen LogP contribution in [0.1, 0.15) is 10.5 Å². The van der Waals surface area contributed by atoms with E-state index in [2.05, 4.69) is 25.1 Å². The molecule has 2 N–H and O–H groups in total. The van der Waals surface area contributed by atoms with E-state index in [9.17, 15) is 4.79 Å². The lowest BCUT2D eigenvalue weighted by Crippen LogP contribution is -2.40. The van der Waals surface area contributed by atoms with Gasteiger partial charge in [-0.2, -0.15) is 0 Å². The Morgan fingerprint density at radius 3 is 2.52 bits per heavy atom. The normalized spacial score (nSPS) is 16.3. The maximum atomic E-state index is 12.9. The van der Waals surface area contributed by atoms with E-state index in [1.165, 1.54) is 0 Å². The van der Waals surface area contributed by atoms with E-state index in [1.54, 1.807) is 12.4 Å². The maximum absolute atomic E-state index is 12.9. The third kappa shape index (κ3) is 3.23. The van der Waals surface area contributed by atoms with Crippen LogP contribution in [0.5, 0.6) is 0 Å². The molecule has 4 heterocycles.